The molecule has 226 valence electrons. The van der Waals surface area contributed by atoms with E-state index in [1.165, 1.54) is 26.2 Å². The first-order chi connectivity index (χ1) is 21.2. The van der Waals surface area contributed by atoms with Crippen molar-refractivity contribution in [3.05, 3.63) is 82.3 Å². The van der Waals surface area contributed by atoms with Crippen molar-refractivity contribution in [2.75, 3.05) is 38.1 Å². The lowest BCUT2D eigenvalue weighted by Crippen LogP contribution is -2.47. The monoisotopic (exact) mass is 597 g/mol. The van der Waals surface area contributed by atoms with E-state index < -0.39 is 29.3 Å². The SMILES string of the molecule is COC(=O)C1=C(C(=O)OC)N(c2ccc3c(c2)C2(CC(C(=O)OC)C4CCCN42)C(=O)N3)C(N)=C(C#N)C1c1ccccc1. The molecule has 4 atom stereocenters. The van der Waals surface area contributed by atoms with Crippen LogP contribution in [0.4, 0.5) is 11.4 Å². The minimum absolute atomic E-state index is 0.0277. The zero-order valence-corrected chi connectivity index (χ0v) is 24.5. The highest BCUT2D eigenvalue weighted by atomic mass is 16.5. The van der Waals surface area contributed by atoms with Crippen molar-refractivity contribution in [1.82, 2.24) is 4.90 Å². The fraction of sp³-hybridized carbons (Fsp3) is 0.344. The molecule has 1 spiro atoms. The summed E-state index contributed by atoms with van der Waals surface area (Å²) in [6, 6.07) is 15.7. The Kier molecular flexibility index (Phi) is 7.13. The Morgan fingerprint density at radius 1 is 1.05 bits per heavy atom. The average molecular weight is 598 g/mol. The van der Waals surface area contributed by atoms with Crippen LogP contribution in [0.25, 0.3) is 0 Å². The number of fused-ring (bicyclic) bond motifs is 4. The molecule has 4 aliphatic heterocycles. The lowest BCUT2D eigenvalue weighted by Gasteiger charge is -2.37. The van der Waals surface area contributed by atoms with Crippen LogP contribution in [0.15, 0.2) is 71.2 Å². The number of nitrogens with zero attached hydrogens (tertiary/aromatic N) is 3. The highest BCUT2D eigenvalue weighted by Gasteiger charge is 2.63. The van der Waals surface area contributed by atoms with Crippen molar-refractivity contribution in [1.29, 1.82) is 5.26 Å². The summed E-state index contributed by atoms with van der Waals surface area (Å²) in [5.41, 5.74) is 7.24. The largest absolute Gasteiger partial charge is 0.469 e. The van der Waals surface area contributed by atoms with Crippen LogP contribution < -0.4 is 16.0 Å². The molecular formula is C32H31N5O7. The minimum atomic E-state index is -1.16. The number of nitrogens with one attached hydrogen (secondary N) is 1. The predicted octanol–water partition coefficient (Wildman–Crippen LogP) is 2.39. The Labute approximate surface area is 253 Å². The highest BCUT2D eigenvalue weighted by molar-refractivity contribution is 6.09. The second kappa shape index (κ2) is 10.8. The van der Waals surface area contributed by atoms with Gasteiger partial charge in [-0.15, -0.1) is 0 Å². The van der Waals surface area contributed by atoms with Gasteiger partial charge in [0.2, 0.25) is 5.91 Å². The van der Waals surface area contributed by atoms with Crippen molar-refractivity contribution in [3.8, 4) is 6.07 Å². The number of nitriles is 1. The summed E-state index contributed by atoms with van der Waals surface area (Å²) >= 11 is 0. The number of hydrogen-bond donors (Lipinski definition) is 2. The number of carbonyl (C=O) groups is 4. The summed E-state index contributed by atoms with van der Waals surface area (Å²) < 4.78 is 15.4. The number of methoxy groups -OCH3 is 3. The molecule has 2 aromatic rings. The van der Waals surface area contributed by atoms with Crippen LogP contribution in [-0.4, -0.2) is 62.6 Å². The summed E-state index contributed by atoms with van der Waals surface area (Å²) in [5, 5.41) is 13.3. The Bertz CT molecular complexity index is 1690. The Balaban J connectivity index is 1.57. The van der Waals surface area contributed by atoms with Gasteiger partial charge < -0.3 is 25.3 Å². The Morgan fingerprint density at radius 2 is 1.77 bits per heavy atom. The van der Waals surface area contributed by atoms with Gasteiger partial charge in [0.1, 0.15) is 17.1 Å². The predicted molar refractivity (Wildman–Crippen MR) is 156 cm³/mol. The number of amides is 1. The maximum atomic E-state index is 13.8. The molecule has 2 aromatic carbocycles. The number of benzene rings is 2. The summed E-state index contributed by atoms with van der Waals surface area (Å²) in [4.78, 5) is 56.9. The first-order valence-corrected chi connectivity index (χ1v) is 14.2. The van der Waals surface area contributed by atoms with E-state index in [4.69, 9.17) is 19.9 Å². The normalized spacial score (nSPS) is 25.8. The highest BCUT2D eigenvalue weighted by Crippen LogP contribution is 2.55. The third kappa shape index (κ3) is 4.00. The fourth-order valence-corrected chi connectivity index (χ4v) is 7.39. The number of rotatable bonds is 5. The second-order valence-corrected chi connectivity index (χ2v) is 11.1. The van der Waals surface area contributed by atoms with E-state index in [0.717, 1.165) is 12.8 Å². The van der Waals surface area contributed by atoms with Gasteiger partial charge in [0.25, 0.3) is 0 Å². The van der Waals surface area contributed by atoms with Gasteiger partial charge in [0, 0.05) is 23.0 Å². The molecule has 1 amide bonds. The van der Waals surface area contributed by atoms with Gasteiger partial charge in [0.05, 0.1) is 50.4 Å². The first-order valence-electron chi connectivity index (χ1n) is 14.2. The van der Waals surface area contributed by atoms with Crippen molar-refractivity contribution < 1.29 is 33.4 Å². The minimum Gasteiger partial charge on any atom is -0.469 e. The smallest absolute Gasteiger partial charge is 0.355 e. The number of allylic oxidation sites excluding steroid dienone is 1. The third-order valence-electron chi connectivity index (χ3n) is 9.21. The third-order valence-corrected chi connectivity index (χ3v) is 9.21. The van der Waals surface area contributed by atoms with E-state index in [9.17, 15) is 24.4 Å². The van der Waals surface area contributed by atoms with Gasteiger partial charge >= 0.3 is 17.9 Å². The molecule has 44 heavy (non-hydrogen) atoms. The van der Waals surface area contributed by atoms with Gasteiger partial charge in [-0.05, 0) is 49.6 Å². The quantitative estimate of drug-likeness (QED) is 0.384. The van der Waals surface area contributed by atoms with E-state index in [1.807, 2.05) is 0 Å². The number of hydrogen-bond acceptors (Lipinski definition) is 11. The van der Waals surface area contributed by atoms with Gasteiger partial charge in [-0.1, -0.05) is 30.3 Å². The van der Waals surface area contributed by atoms with Gasteiger partial charge in [-0.3, -0.25) is 19.4 Å². The van der Waals surface area contributed by atoms with Crippen LogP contribution >= 0.6 is 0 Å². The molecule has 2 fully saturated rings. The number of ether oxygens (including phenoxy) is 3. The Morgan fingerprint density at radius 3 is 2.43 bits per heavy atom. The van der Waals surface area contributed by atoms with E-state index in [1.54, 1.807) is 48.5 Å². The summed E-state index contributed by atoms with van der Waals surface area (Å²) in [7, 11) is 3.71. The van der Waals surface area contributed by atoms with Crippen molar-refractivity contribution >= 4 is 35.2 Å². The van der Waals surface area contributed by atoms with Gasteiger partial charge in [-0.2, -0.15) is 5.26 Å². The standard InChI is InChI=1S/C32H31N5O7/c1-42-28(38)19-15-32(36-13-7-10-23(19)36)21-14-18(11-12-22(21)35-31(32)41)37-26(30(40)44-3)25(29(39)43-2)24(20(16-33)27(37)34)17-8-5-4-6-9-17/h4-6,8-9,11-12,14,19,23-24H,7,10,13,15,34H2,1-3H3,(H,35,41). The number of esters is 3. The van der Waals surface area contributed by atoms with Crippen LogP contribution in [0.5, 0.6) is 0 Å². The molecule has 4 heterocycles. The maximum absolute atomic E-state index is 13.8. The molecule has 4 aliphatic rings. The fourth-order valence-electron chi connectivity index (χ4n) is 7.39. The van der Waals surface area contributed by atoms with E-state index in [0.29, 0.717) is 29.0 Å². The van der Waals surface area contributed by atoms with Crippen molar-refractivity contribution in [2.24, 2.45) is 11.7 Å². The molecule has 12 heteroatoms. The van der Waals surface area contributed by atoms with Crippen molar-refractivity contribution in [2.45, 2.75) is 36.8 Å². The molecule has 0 radical (unpaired) electrons. The van der Waals surface area contributed by atoms with Crippen molar-refractivity contribution in [3.63, 3.8) is 0 Å². The van der Waals surface area contributed by atoms with E-state index >= 15 is 0 Å². The van der Waals surface area contributed by atoms with Crippen LogP contribution in [0.1, 0.15) is 36.3 Å². The molecule has 0 aromatic heterocycles. The van der Waals surface area contributed by atoms with E-state index in [-0.39, 0.29) is 47.0 Å². The van der Waals surface area contributed by atoms with Crippen LogP contribution in [0.2, 0.25) is 0 Å². The van der Waals surface area contributed by atoms with Gasteiger partial charge in [0.15, 0.2) is 0 Å². The molecule has 12 nitrogen and oxygen atoms in total. The average Bonchev–Trinajstić information content (AvgIpc) is 3.73. The van der Waals surface area contributed by atoms with E-state index in [2.05, 4.69) is 16.3 Å². The summed E-state index contributed by atoms with van der Waals surface area (Å²) in [6.45, 7) is 0.609. The molecular weight excluding hydrogens is 566 g/mol. The first kappa shape index (κ1) is 28.9. The molecule has 0 aliphatic carbocycles. The maximum Gasteiger partial charge on any atom is 0.355 e. The molecule has 2 saturated heterocycles. The van der Waals surface area contributed by atoms with Gasteiger partial charge in [-0.25, -0.2) is 9.59 Å². The summed E-state index contributed by atoms with van der Waals surface area (Å²) in [5.74, 6) is -3.94. The summed E-state index contributed by atoms with van der Waals surface area (Å²) in [6.07, 6.45) is 1.77. The molecule has 0 saturated carbocycles. The van der Waals surface area contributed by atoms with Crippen LogP contribution in [0.3, 0.4) is 0 Å². The number of nitrogens with two attached hydrogens (primary N) is 1. The molecule has 4 unspecified atom stereocenters. The number of anilines is 2. The lowest BCUT2D eigenvalue weighted by atomic mass is 9.80. The molecule has 3 N–H and O–H groups in total. The zero-order chi connectivity index (χ0) is 31.3. The van der Waals surface area contributed by atoms with Crippen LogP contribution in [-0.2, 0) is 38.9 Å². The topological polar surface area (TPSA) is 164 Å². The zero-order valence-electron chi connectivity index (χ0n) is 24.5. The van der Waals surface area contributed by atoms with Crippen LogP contribution in [0, 0.1) is 17.2 Å². The lowest BCUT2D eigenvalue weighted by molar-refractivity contribution is -0.146. The molecule has 0 bridgehead atoms. The number of carbonyl (C=O) groups excluding carboxylic acids is 4. The molecule has 6 rings (SSSR count). The Hall–Kier alpha value is -5.15. The second-order valence-electron chi connectivity index (χ2n) is 11.1.